The monoisotopic (exact) mass is 129 g/mol. The van der Waals surface area contributed by atoms with Gasteiger partial charge in [0.05, 0.1) is 0 Å². The van der Waals surface area contributed by atoms with Gasteiger partial charge in [-0.15, -0.1) is 0 Å². The summed E-state index contributed by atoms with van der Waals surface area (Å²) in [5.74, 6) is 0. The molecule has 2 rings (SSSR count). The molecule has 0 aromatic heterocycles. The standard InChI is InChI=1S/C6H11NS/c1-2-6(3-1)4-5-7-8-6/h7H,1-5H2. The van der Waals surface area contributed by atoms with Gasteiger partial charge in [0.25, 0.3) is 0 Å². The van der Waals surface area contributed by atoms with Crippen molar-refractivity contribution in [1.82, 2.24) is 4.72 Å². The van der Waals surface area contributed by atoms with Gasteiger partial charge >= 0.3 is 0 Å². The fraction of sp³-hybridized carbons (Fsp3) is 1.00. The molecular weight excluding hydrogens is 118 g/mol. The summed E-state index contributed by atoms with van der Waals surface area (Å²) in [6.45, 7) is 1.24. The molecule has 1 spiro atoms. The van der Waals surface area contributed by atoms with E-state index in [0.717, 1.165) is 4.75 Å². The SMILES string of the molecule is C1CC2(C1)CCNS2. The first kappa shape index (κ1) is 5.12. The summed E-state index contributed by atoms with van der Waals surface area (Å²) in [5.41, 5.74) is 0. The van der Waals surface area contributed by atoms with Crippen molar-refractivity contribution < 1.29 is 0 Å². The molecule has 0 aromatic rings. The van der Waals surface area contributed by atoms with Crippen LogP contribution in [-0.4, -0.2) is 11.3 Å². The molecule has 1 N–H and O–H groups in total. The van der Waals surface area contributed by atoms with Crippen molar-refractivity contribution in [2.75, 3.05) is 6.54 Å². The largest absolute Gasteiger partial charge is 0.264 e. The average molecular weight is 129 g/mol. The van der Waals surface area contributed by atoms with Gasteiger partial charge in [0.15, 0.2) is 0 Å². The molecule has 0 atom stereocenters. The molecule has 1 nitrogen and oxygen atoms in total. The Morgan fingerprint density at radius 1 is 1.25 bits per heavy atom. The Bertz CT molecular complexity index is 90.7. The second kappa shape index (κ2) is 1.64. The van der Waals surface area contributed by atoms with Crippen molar-refractivity contribution in [2.24, 2.45) is 0 Å². The minimum Gasteiger partial charge on any atom is -0.264 e. The van der Waals surface area contributed by atoms with Gasteiger partial charge in [0.2, 0.25) is 0 Å². The molecule has 2 fully saturated rings. The summed E-state index contributed by atoms with van der Waals surface area (Å²) in [7, 11) is 0. The van der Waals surface area contributed by atoms with E-state index in [1.54, 1.807) is 0 Å². The Morgan fingerprint density at radius 2 is 2.12 bits per heavy atom. The van der Waals surface area contributed by atoms with Crippen LogP contribution < -0.4 is 4.72 Å². The van der Waals surface area contributed by atoms with Crippen molar-refractivity contribution in [2.45, 2.75) is 30.4 Å². The lowest BCUT2D eigenvalue weighted by molar-refractivity contribution is 0.358. The van der Waals surface area contributed by atoms with E-state index in [0.29, 0.717) is 0 Å². The second-order valence-corrected chi connectivity index (χ2v) is 4.14. The zero-order valence-corrected chi connectivity index (χ0v) is 5.76. The molecule has 1 heterocycles. The Kier molecular flexibility index (Phi) is 1.05. The van der Waals surface area contributed by atoms with Crippen molar-refractivity contribution in [3.8, 4) is 0 Å². The first-order chi connectivity index (χ1) is 3.91. The van der Waals surface area contributed by atoms with E-state index in [9.17, 15) is 0 Å². The molecule has 1 aliphatic carbocycles. The maximum absolute atomic E-state index is 3.33. The first-order valence-corrected chi connectivity index (χ1v) is 4.14. The highest BCUT2D eigenvalue weighted by Gasteiger charge is 2.40. The predicted octanol–water partition coefficient (Wildman–Crippen LogP) is 1.55. The molecule has 0 aromatic carbocycles. The molecule has 1 aliphatic heterocycles. The molecule has 1 saturated carbocycles. The number of rotatable bonds is 0. The van der Waals surface area contributed by atoms with Crippen LogP contribution in [0.25, 0.3) is 0 Å². The summed E-state index contributed by atoms with van der Waals surface area (Å²) in [4.78, 5) is 0. The van der Waals surface area contributed by atoms with E-state index in [1.807, 2.05) is 11.9 Å². The third kappa shape index (κ3) is 0.594. The Balaban J connectivity index is 2.01. The van der Waals surface area contributed by atoms with Gasteiger partial charge in [-0.3, -0.25) is 4.72 Å². The summed E-state index contributed by atoms with van der Waals surface area (Å²) >= 11 is 1.98. The summed E-state index contributed by atoms with van der Waals surface area (Å²) < 4.78 is 4.05. The second-order valence-electron chi connectivity index (χ2n) is 2.78. The fourth-order valence-corrected chi connectivity index (χ4v) is 2.66. The normalized spacial score (nSPS) is 33.0. The van der Waals surface area contributed by atoms with Crippen LogP contribution in [0.15, 0.2) is 0 Å². The lowest BCUT2D eigenvalue weighted by atomic mass is 9.82. The summed E-state index contributed by atoms with van der Waals surface area (Å²) in [6.07, 6.45) is 5.81. The van der Waals surface area contributed by atoms with Crippen molar-refractivity contribution in [1.29, 1.82) is 0 Å². The Hall–Kier alpha value is 0.310. The van der Waals surface area contributed by atoms with Crippen LogP contribution in [0.3, 0.4) is 0 Å². The maximum atomic E-state index is 3.33. The topological polar surface area (TPSA) is 12.0 Å². The van der Waals surface area contributed by atoms with Crippen molar-refractivity contribution in [3.63, 3.8) is 0 Å². The van der Waals surface area contributed by atoms with E-state index in [1.165, 1.54) is 32.2 Å². The maximum Gasteiger partial charge on any atom is 0.0317 e. The van der Waals surface area contributed by atoms with Crippen LogP contribution in [0, 0.1) is 0 Å². The molecule has 0 bridgehead atoms. The molecule has 46 valence electrons. The Labute approximate surface area is 54.4 Å². The minimum atomic E-state index is 0.722. The van der Waals surface area contributed by atoms with E-state index in [-0.39, 0.29) is 0 Å². The van der Waals surface area contributed by atoms with Crippen molar-refractivity contribution >= 4 is 11.9 Å². The van der Waals surface area contributed by atoms with Crippen LogP contribution in [0.4, 0.5) is 0 Å². The molecule has 2 heteroatoms. The molecule has 2 aliphatic rings. The number of nitrogens with one attached hydrogen (secondary N) is 1. The molecule has 0 unspecified atom stereocenters. The van der Waals surface area contributed by atoms with E-state index >= 15 is 0 Å². The lowest BCUT2D eigenvalue weighted by Crippen LogP contribution is -2.30. The van der Waals surface area contributed by atoms with Crippen LogP contribution in [0.1, 0.15) is 25.7 Å². The highest BCUT2D eigenvalue weighted by atomic mass is 32.2. The highest BCUT2D eigenvalue weighted by molar-refractivity contribution is 7.99. The van der Waals surface area contributed by atoms with Gasteiger partial charge in [0.1, 0.15) is 0 Å². The van der Waals surface area contributed by atoms with E-state index < -0.39 is 0 Å². The third-order valence-corrected chi connectivity index (χ3v) is 3.63. The van der Waals surface area contributed by atoms with Gasteiger partial charge < -0.3 is 0 Å². The Morgan fingerprint density at radius 3 is 2.38 bits per heavy atom. The number of hydrogen-bond acceptors (Lipinski definition) is 2. The van der Waals surface area contributed by atoms with Crippen LogP contribution >= 0.6 is 11.9 Å². The quantitative estimate of drug-likeness (QED) is 0.498. The van der Waals surface area contributed by atoms with Crippen LogP contribution in [-0.2, 0) is 0 Å². The van der Waals surface area contributed by atoms with Crippen molar-refractivity contribution in [3.05, 3.63) is 0 Å². The molecule has 0 amide bonds. The summed E-state index contributed by atoms with van der Waals surface area (Å²) in [6, 6.07) is 0. The zero-order chi connectivity index (χ0) is 5.45. The number of hydrogen-bond donors (Lipinski definition) is 1. The van der Waals surface area contributed by atoms with Gasteiger partial charge in [0, 0.05) is 11.3 Å². The average Bonchev–Trinajstić information content (AvgIpc) is 2.07. The summed E-state index contributed by atoms with van der Waals surface area (Å²) in [5, 5.41) is 0. The molecule has 1 saturated heterocycles. The third-order valence-electron chi connectivity index (χ3n) is 2.24. The fourth-order valence-electron chi connectivity index (χ4n) is 1.46. The zero-order valence-electron chi connectivity index (χ0n) is 4.94. The van der Waals surface area contributed by atoms with E-state index in [2.05, 4.69) is 4.72 Å². The smallest absolute Gasteiger partial charge is 0.0317 e. The van der Waals surface area contributed by atoms with Crippen LogP contribution in [0.5, 0.6) is 0 Å². The van der Waals surface area contributed by atoms with Gasteiger partial charge in [-0.25, -0.2) is 0 Å². The molecule has 8 heavy (non-hydrogen) atoms. The van der Waals surface area contributed by atoms with E-state index in [4.69, 9.17) is 0 Å². The van der Waals surface area contributed by atoms with Gasteiger partial charge in [-0.1, -0.05) is 18.4 Å². The first-order valence-electron chi connectivity index (χ1n) is 3.32. The lowest BCUT2D eigenvalue weighted by Gasteiger charge is -2.35. The molecular formula is C6H11NS. The minimum absolute atomic E-state index is 0.722. The van der Waals surface area contributed by atoms with Crippen LogP contribution in [0.2, 0.25) is 0 Å². The highest BCUT2D eigenvalue weighted by Crippen LogP contribution is 2.47. The van der Waals surface area contributed by atoms with Gasteiger partial charge in [-0.2, -0.15) is 0 Å². The predicted molar refractivity (Wildman–Crippen MR) is 36.8 cm³/mol. The molecule has 0 radical (unpaired) electrons. The van der Waals surface area contributed by atoms with Gasteiger partial charge in [-0.05, 0) is 19.3 Å².